The molecule has 1 aromatic rings. The van der Waals surface area contributed by atoms with Crippen molar-refractivity contribution in [1.29, 1.82) is 0 Å². The van der Waals surface area contributed by atoms with Crippen molar-refractivity contribution in [3.63, 3.8) is 0 Å². The fourth-order valence-corrected chi connectivity index (χ4v) is 3.05. The van der Waals surface area contributed by atoms with Crippen LogP contribution in [0.2, 0.25) is 0 Å². The molecule has 2 rings (SSSR count). The van der Waals surface area contributed by atoms with E-state index < -0.39 is 0 Å². The minimum absolute atomic E-state index is 0.219. The second-order valence-corrected chi connectivity index (χ2v) is 5.06. The molecule has 0 atom stereocenters. The Hall–Kier alpha value is -1.05. The number of aromatic nitrogens is 1. The molecule has 6 nitrogen and oxygen atoms in total. The molecule has 3 N–H and O–H groups in total. The van der Waals surface area contributed by atoms with Gasteiger partial charge in [0.15, 0.2) is 16.6 Å². The smallest absolute Gasteiger partial charge is 0.197 e. The Balaban J connectivity index is 2.05. The number of hydrogen-bond acceptors (Lipinski definition) is 7. The van der Waals surface area contributed by atoms with Crippen LogP contribution in [-0.2, 0) is 0 Å². The molecular formula is C11H20N4O2S. The Bertz CT molecular complexity index is 385. The highest BCUT2D eigenvalue weighted by Gasteiger charge is 2.21. The molecule has 0 unspecified atom stereocenters. The van der Waals surface area contributed by atoms with Gasteiger partial charge < -0.3 is 20.5 Å². The molecule has 1 saturated heterocycles. The lowest BCUT2D eigenvalue weighted by molar-refractivity contribution is 0.204. The van der Waals surface area contributed by atoms with Crippen LogP contribution in [0.15, 0.2) is 0 Å². The van der Waals surface area contributed by atoms with Crippen molar-refractivity contribution in [2.24, 2.45) is 0 Å². The second kappa shape index (κ2) is 6.21. The van der Waals surface area contributed by atoms with Crippen molar-refractivity contribution >= 4 is 22.4 Å². The van der Waals surface area contributed by atoms with Crippen LogP contribution in [0, 0.1) is 0 Å². The lowest BCUT2D eigenvalue weighted by Crippen LogP contribution is -2.32. The molecule has 1 aromatic heterocycles. The average molecular weight is 272 g/mol. The molecule has 0 amide bonds. The fraction of sp³-hybridized carbons (Fsp3) is 0.727. The minimum atomic E-state index is 0.219. The maximum Gasteiger partial charge on any atom is 0.197 e. The number of ether oxygens (including phenoxy) is 1. The third-order valence-electron chi connectivity index (χ3n) is 3.15. The molecule has 2 heterocycles. The summed E-state index contributed by atoms with van der Waals surface area (Å²) < 4.78 is 9.46. The van der Waals surface area contributed by atoms with E-state index in [0.29, 0.717) is 11.6 Å². The molecular weight excluding hydrogens is 252 g/mol. The van der Waals surface area contributed by atoms with Gasteiger partial charge in [-0.15, -0.1) is 0 Å². The van der Waals surface area contributed by atoms with E-state index >= 15 is 0 Å². The fourth-order valence-electron chi connectivity index (χ4n) is 2.22. The van der Waals surface area contributed by atoms with Crippen LogP contribution in [0.1, 0.15) is 6.42 Å². The summed E-state index contributed by atoms with van der Waals surface area (Å²) in [5.41, 5.74) is 5.78. The van der Waals surface area contributed by atoms with E-state index in [9.17, 15) is 0 Å². The number of rotatable bonds is 4. The van der Waals surface area contributed by atoms with Crippen LogP contribution >= 0.6 is 11.5 Å². The third kappa shape index (κ3) is 2.85. The van der Waals surface area contributed by atoms with Gasteiger partial charge in [0.2, 0.25) is 0 Å². The highest BCUT2D eigenvalue weighted by atomic mass is 32.1. The molecule has 1 fully saturated rings. The molecule has 0 aromatic carbocycles. The monoisotopic (exact) mass is 272 g/mol. The molecule has 1 aliphatic heterocycles. The first-order valence-electron chi connectivity index (χ1n) is 6.13. The Morgan fingerprint density at radius 2 is 2.22 bits per heavy atom. The molecule has 0 spiro atoms. The normalized spacial score (nSPS) is 17.8. The molecule has 0 radical (unpaired) electrons. The summed E-state index contributed by atoms with van der Waals surface area (Å²) in [6.07, 6.45) is 1.07. The number of methoxy groups -OCH3 is 1. The molecule has 7 heteroatoms. The number of β-amino-alcohol motifs (C(OH)–C–C–N with tert-alkyl or cyclic N) is 1. The number of nitrogen functional groups attached to an aromatic ring is 1. The summed E-state index contributed by atoms with van der Waals surface area (Å²) in [6.45, 7) is 4.82. The van der Waals surface area contributed by atoms with E-state index in [-0.39, 0.29) is 6.61 Å². The zero-order valence-corrected chi connectivity index (χ0v) is 11.4. The Morgan fingerprint density at radius 3 is 2.94 bits per heavy atom. The maximum absolute atomic E-state index is 8.98. The minimum Gasteiger partial charge on any atom is -0.490 e. The van der Waals surface area contributed by atoms with E-state index in [1.165, 1.54) is 11.5 Å². The highest BCUT2D eigenvalue weighted by Crippen LogP contribution is 2.38. The predicted octanol–water partition coefficient (Wildman–Crippen LogP) is 0.238. The molecule has 102 valence electrons. The first kappa shape index (κ1) is 13.4. The van der Waals surface area contributed by atoms with E-state index in [4.69, 9.17) is 15.6 Å². The number of anilines is 2. The standard InChI is InChI=1S/C11H20N4O2S/c1-17-9-10(12)13-18-11(9)15-4-2-3-14(5-6-15)7-8-16/h16H,2-8H2,1H3,(H2,12,13). The van der Waals surface area contributed by atoms with Gasteiger partial charge in [-0.1, -0.05) is 0 Å². The maximum atomic E-state index is 8.98. The van der Waals surface area contributed by atoms with E-state index in [1.807, 2.05) is 0 Å². The summed E-state index contributed by atoms with van der Waals surface area (Å²) in [4.78, 5) is 4.54. The SMILES string of the molecule is COc1c(N)nsc1N1CCCN(CCO)CC1. The van der Waals surface area contributed by atoms with Crippen LogP contribution in [0.4, 0.5) is 10.8 Å². The van der Waals surface area contributed by atoms with Gasteiger partial charge in [0.1, 0.15) is 0 Å². The molecule has 0 bridgehead atoms. The van der Waals surface area contributed by atoms with Gasteiger partial charge in [0.05, 0.1) is 13.7 Å². The largest absolute Gasteiger partial charge is 0.490 e. The van der Waals surface area contributed by atoms with Crippen molar-refractivity contribution in [3.05, 3.63) is 0 Å². The number of hydrogen-bond donors (Lipinski definition) is 2. The summed E-state index contributed by atoms with van der Waals surface area (Å²) >= 11 is 1.39. The lowest BCUT2D eigenvalue weighted by Gasteiger charge is -2.22. The van der Waals surface area contributed by atoms with Crippen molar-refractivity contribution in [1.82, 2.24) is 9.27 Å². The topological polar surface area (TPSA) is 74.9 Å². The van der Waals surface area contributed by atoms with Crippen LogP contribution in [0.25, 0.3) is 0 Å². The summed E-state index contributed by atoms with van der Waals surface area (Å²) in [5.74, 6) is 1.16. The lowest BCUT2D eigenvalue weighted by atomic mass is 10.4. The van der Waals surface area contributed by atoms with Gasteiger partial charge in [-0.3, -0.25) is 4.90 Å². The molecule has 18 heavy (non-hydrogen) atoms. The van der Waals surface area contributed by atoms with E-state index in [0.717, 1.165) is 44.1 Å². The Morgan fingerprint density at radius 1 is 1.39 bits per heavy atom. The van der Waals surface area contributed by atoms with Gasteiger partial charge in [0.25, 0.3) is 0 Å². The van der Waals surface area contributed by atoms with Crippen LogP contribution in [0.3, 0.4) is 0 Å². The van der Waals surface area contributed by atoms with Crippen LogP contribution in [0.5, 0.6) is 5.75 Å². The van der Waals surface area contributed by atoms with Gasteiger partial charge in [-0.05, 0) is 24.5 Å². The number of aliphatic hydroxyl groups excluding tert-OH is 1. The van der Waals surface area contributed by atoms with Crippen molar-refractivity contribution < 1.29 is 9.84 Å². The zero-order chi connectivity index (χ0) is 13.0. The van der Waals surface area contributed by atoms with Gasteiger partial charge in [0, 0.05) is 26.2 Å². The predicted molar refractivity (Wildman–Crippen MR) is 73.4 cm³/mol. The summed E-state index contributed by atoms with van der Waals surface area (Å²) in [7, 11) is 1.62. The highest BCUT2D eigenvalue weighted by molar-refractivity contribution is 7.11. The first-order valence-corrected chi connectivity index (χ1v) is 6.91. The van der Waals surface area contributed by atoms with Crippen molar-refractivity contribution in [2.75, 3.05) is 57.1 Å². The number of nitrogens with two attached hydrogens (primary N) is 1. The van der Waals surface area contributed by atoms with Crippen molar-refractivity contribution in [3.8, 4) is 5.75 Å². The molecule has 1 aliphatic rings. The number of aliphatic hydroxyl groups is 1. The van der Waals surface area contributed by atoms with E-state index in [2.05, 4.69) is 14.2 Å². The van der Waals surface area contributed by atoms with Crippen LogP contribution in [-0.4, -0.2) is 60.8 Å². The summed E-state index contributed by atoms with van der Waals surface area (Å²) in [6, 6.07) is 0. The number of nitrogens with zero attached hydrogens (tertiary/aromatic N) is 3. The van der Waals surface area contributed by atoms with Crippen molar-refractivity contribution in [2.45, 2.75) is 6.42 Å². The Kier molecular flexibility index (Phi) is 4.62. The first-order chi connectivity index (χ1) is 8.76. The Labute approximate surface area is 111 Å². The van der Waals surface area contributed by atoms with Gasteiger partial charge in [-0.25, -0.2) is 0 Å². The quantitative estimate of drug-likeness (QED) is 0.818. The molecule has 0 saturated carbocycles. The second-order valence-electron chi connectivity index (χ2n) is 4.31. The average Bonchev–Trinajstić information content (AvgIpc) is 2.59. The molecule has 0 aliphatic carbocycles. The summed E-state index contributed by atoms with van der Waals surface area (Å²) in [5, 5.41) is 9.99. The van der Waals surface area contributed by atoms with Gasteiger partial charge >= 0.3 is 0 Å². The third-order valence-corrected chi connectivity index (χ3v) is 4.06. The zero-order valence-electron chi connectivity index (χ0n) is 10.6. The van der Waals surface area contributed by atoms with Gasteiger partial charge in [-0.2, -0.15) is 4.37 Å². The van der Waals surface area contributed by atoms with Crippen LogP contribution < -0.4 is 15.4 Å². The van der Waals surface area contributed by atoms with E-state index in [1.54, 1.807) is 7.11 Å².